The first-order chi connectivity index (χ1) is 17.6. The third kappa shape index (κ3) is 7.04. The second-order valence-electron chi connectivity index (χ2n) is 9.79. The van der Waals surface area contributed by atoms with Crippen molar-refractivity contribution >= 4 is 17.4 Å². The summed E-state index contributed by atoms with van der Waals surface area (Å²) in [7, 11) is 0. The number of carbonyl (C=O) groups excluding carboxylic acids is 1. The van der Waals surface area contributed by atoms with Crippen molar-refractivity contribution in [1.29, 1.82) is 0 Å². The fourth-order valence-corrected chi connectivity index (χ4v) is 4.73. The first kappa shape index (κ1) is 26.1. The molecule has 194 valence electrons. The van der Waals surface area contributed by atoms with E-state index in [1.54, 1.807) is 0 Å². The van der Waals surface area contributed by atoms with E-state index >= 15 is 0 Å². The zero-order valence-corrected chi connectivity index (χ0v) is 21.1. The van der Waals surface area contributed by atoms with Crippen molar-refractivity contribution < 1.29 is 19.7 Å². The lowest BCUT2D eigenvalue weighted by atomic mass is 9.86. The van der Waals surface area contributed by atoms with Gasteiger partial charge in [0.2, 0.25) is 11.9 Å². The van der Waals surface area contributed by atoms with E-state index in [-0.39, 0.29) is 25.0 Å². The standard InChI is InChI=1S/C28H38N4O4/c1-2-20-15-30-28(31-16-20)32-13-11-21(12-14-32)19-36-26-9-7-23(8-10-26)22-3-5-24(6-4-22)27(35)29-17-25(34)18-33/h3,7-10,15-16,21,24-25,33-34H,2,4-6,11-14,17-19H2,1H3,(H,29,35)/t24?,25-/m0/s1. The van der Waals surface area contributed by atoms with Crippen molar-refractivity contribution in [2.24, 2.45) is 11.8 Å². The van der Waals surface area contributed by atoms with E-state index in [4.69, 9.17) is 9.84 Å². The van der Waals surface area contributed by atoms with Gasteiger partial charge in [-0.2, -0.15) is 0 Å². The maximum atomic E-state index is 12.3. The number of hydrogen-bond acceptors (Lipinski definition) is 7. The van der Waals surface area contributed by atoms with Gasteiger partial charge in [0, 0.05) is 37.9 Å². The van der Waals surface area contributed by atoms with Crippen LogP contribution in [-0.4, -0.2) is 65.0 Å². The fourth-order valence-electron chi connectivity index (χ4n) is 4.73. The molecule has 0 bridgehead atoms. The van der Waals surface area contributed by atoms with Crippen molar-refractivity contribution in [3.05, 3.63) is 53.9 Å². The highest BCUT2D eigenvalue weighted by Crippen LogP contribution is 2.31. The Morgan fingerprint density at radius 1 is 1.17 bits per heavy atom. The van der Waals surface area contributed by atoms with Crippen LogP contribution in [0.2, 0.25) is 0 Å². The van der Waals surface area contributed by atoms with Gasteiger partial charge < -0.3 is 25.2 Å². The molecule has 0 saturated carbocycles. The molecule has 8 heteroatoms. The van der Waals surface area contributed by atoms with E-state index in [0.29, 0.717) is 18.9 Å². The lowest BCUT2D eigenvalue weighted by molar-refractivity contribution is -0.125. The Morgan fingerprint density at radius 2 is 1.89 bits per heavy atom. The summed E-state index contributed by atoms with van der Waals surface area (Å²) in [5, 5.41) is 21.0. The summed E-state index contributed by atoms with van der Waals surface area (Å²) < 4.78 is 6.10. The minimum Gasteiger partial charge on any atom is -0.493 e. The third-order valence-corrected chi connectivity index (χ3v) is 7.21. The van der Waals surface area contributed by atoms with Gasteiger partial charge in [-0.25, -0.2) is 9.97 Å². The van der Waals surface area contributed by atoms with Gasteiger partial charge in [0.05, 0.1) is 19.3 Å². The lowest BCUT2D eigenvalue weighted by Crippen LogP contribution is -2.38. The molecular formula is C28H38N4O4. The first-order valence-corrected chi connectivity index (χ1v) is 13.1. The average molecular weight is 495 g/mol. The number of nitrogens with zero attached hydrogens (tertiary/aromatic N) is 3. The molecule has 4 rings (SSSR count). The Kier molecular flexibility index (Phi) is 9.30. The summed E-state index contributed by atoms with van der Waals surface area (Å²) in [6.45, 7) is 4.47. The molecule has 1 unspecified atom stereocenters. The summed E-state index contributed by atoms with van der Waals surface area (Å²) in [5.74, 6) is 2.09. The molecule has 1 saturated heterocycles. The van der Waals surface area contributed by atoms with E-state index in [1.807, 2.05) is 24.5 Å². The van der Waals surface area contributed by atoms with Crippen molar-refractivity contribution in [3.63, 3.8) is 0 Å². The van der Waals surface area contributed by atoms with Crippen LogP contribution in [0.15, 0.2) is 42.7 Å². The molecule has 0 radical (unpaired) electrons. The minimum atomic E-state index is -0.907. The number of amides is 1. The van der Waals surface area contributed by atoms with Crippen molar-refractivity contribution in [3.8, 4) is 5.75 Å². The number of allylic oxidation sites excluding steroid dienone is 2. The zero-order valence-electron chi connectivity index (χ0n) is 21.1. The highest BCUT2D eigenvalue weighted by Gasteiger charge is 2.23. The Balaban J connectivity index is 1.19. The van der Waals surface area contributed by atoms with E-state index in [2.05, 4.69) is 45.3 Å². The van der Waals surface area contributed by atoms with Gasteiger partial charge in [0.1, 0.15) is 5.75 Å². The van der Waals surface area contributed by atoms with Crippen LogP contribution in [0.4, 0.5) is 5.95 Å². The number of rotatable bonds is 10. The quantitative estimate of drug-likeness (QED) is 0.466. The Morgan fingerprint density at radius 3 is 2.50 bits per heavy atom. The molecular weight excluding hydrogens is 456 g/mol. The number of carbonyl (C=O) groups is 1. The molecule has 8 nitrogen and oxygen atoms in total. The Hall–Kier alpha value is -2.97. The predicted octanol–water partition coefficient (Wildman–Crippen LogP) is 2.99. The number of piperidine rings is 1. The van der Waals surface area contributed by atoms with Gasteiger partial charge >= 0.3 is 0 Å². The monoisotopic (exact) mass is 494 g/mol. The van der Waals surface area contributed by atoms with Crippen LogP contribution in [0.1, 0.15) is 50.2 Å². The second-order valence-corrected chi connectivity index (χ2v) is 9.79. The highest BCUT2D eigenvalue weighted by molar-refractivity contribution is 5.80. The van der Waals surface area contributed by atoms with Crippen LogP contribution in [0, 0.1) is 11.8 Å². The minimum absolute atomic E-state index is 0.0608. The van der Waals surface area contributed by atoms with Gasteiger partial charge in [-0.15, -0.1) is 0 Å². The van der Waals surface area contributed by atoms with Crippen LogP contribution in [0.3, 0.4) is 0 Å². The maximum Gasteiger partial charge on any atom is 0.225 e. The number of ether oxygens (including phenoxy) is 1. The summed E-state index contributed by atoms with van der Waals surface area (Å²) in [4.78, 5) is 23.5. The summed E-state index contributed by atoms with van der Waals surface area (Å²) in [6.07, 6.45) is 10.5. The molecule has 3 N–H and O–H groups in total. The number of anilines is 1. The molecule has 2 aliphatic rings. The van der Waals surface area contributed by atoms with Crippen LogP contribution in [0.5, 0.6) is 5.75 Å². The number of nitrogens with one attached hydrogen (secondary N) is 1. The molecule has 1 aromatic heterocycles. The number of aliphatic hydroxyl groups is 2. The van der Waals surface area contributed by atoms with Crippen molar-refractivity contribution in [1.82, 2.24) is 15.3 Å². The van der Waals surface area contributed by atoms with Crippen LogP contribution in [-0.2, 0) is 11.2 Å². The number of aryl methyl sites for hydroxylation is 1. The molecule has 2 atom stereocenters. The fraction of sp³-hybridized carbons (Fsp3) is 0.536. The molecule has 1 aromatic carbocycles. The molecule has 0 spiro atoms. The molecule has 2 heterocycles. The maximum absolute atomic E-state index is 12.3. The van der Waals surface area contributed by atoms with Gasteiger partial charge in [0.15, 0.2) is 0 Å². The lowest BCUT2D eigenvalue weighted by Gasteiger charge is -2.31. The smallest absolute Gasteiger partial charge is 0.225 e. The summed E-state index contributed by atoms with van der Waals surface area (Å²) >= 11 is 0. The topological polar surface area (TPSA) is 108 Å². The van der Waals surface area contributed by atoms with Gasteiger partial charge in [-0.05, 0) is 73.3 Å². The summed E-state index contributed by atoms with van der Waals surface area (Å²) in [5.41, 5.74) is 3.58. The molecule has 1 amide bonds. The first-order valence-electron chi connectivity index (χ1n) is 13.1. The average Bonchev–Trinajstić information content (AvgIpc) is 2.95. The number of aliphatic hydroxyl groups excluding tert-OH is 2. The van der Waals surface area contributed by atoms with Gasteiger partial charge in [-0.1, -0.05) is 25.1 Å². The van der Waals surface area contributed by atoms with Crippen LogP contribution in [0.25, 0.3) is 5.57 Å². The van der Waals surface area contributed by atoms with E-state index in [9.17, 15) is 9.90 Å². The van der Waals surface area contributed by atoms with E-state index in [0.717, 1.165) is 62.5 Å². The van der Waals surface area contributed by atoms with E-state index in [1.165, 1.54) is 11.1 Å². The molecule has 1 aliphatic carbocycles. The predicted molar refractivity (Wildman–Crippen MR) is 140 cm³/mol. The molecule has 2 aromatic rings. The molecule has 1 fully saturated rings. The summed E-state index contributed by atoms with van der Waals surface area (Å²) in [6, 6.07) is 8.26. The van der Waals surface area contributed by atoms with Gasteiger partial charge in [0.25, 0.3) is 0 Å². The Bertz CT molecular complexity index is 1000. The molecule has 1 aliphatic heterocycles. The Labute approximate surface area is 213 Å². The number of hydrogen-bond donors (Lipinski definition) is 3. The SMILES string of the molecule is CCc1cnc(N2CCC(COc3ccc(C4=CCC(C(=O)NC[C@H](O)CO)CC4)cc3)CC2)nc1. The van der Waals surface area contributed by atoms with Crippen molar-refractivity contribution in [2.75, 3.05) is 37.7 Å². The van der Waals surface area contributed by atoms with E-state index < -0.39 is 6.10 Å². The highest BCUT2D eigenvalue weighted by atomic mass is 16.5. The molecule has 36 heavy (non-hydrogen) atoms. The largest absolute Gasteiger partial charge is 0.493 e. The van der Waals surface area contributed by atoms with Crippen LogP contribution >= 0.6 is 0 Å². The third-order valence-electron chi connectivity index (χ3n) is 7.21. The normalized spacial score (nSPS) is 19.5. The zero-order chi connectivity index (χ0) is 25.3. The number of benzene rings is 1. The van der Waals surface area contributed by atoms with Crippen molar-refractivity contribution in [2.45, 2.75) is 51.6 Å². The van der Waals surface area contributed by atoms with Crippen LogP contribution < -0.4 is 15.0 Å². The number of aromatic nitrogens is 2. The van der Waals surface area contributed by atoms with Gasteiger partial charge in [-0.3, -0.25) is 4.79 Å². The second kappa shape index (κ2) is 12.8.